The van der Waals surface area contributed by atoms with Crippen LogP contribution in [0.15, 0.2) is 0 Å². The van der Waals surface area contributed by atoms with E-state index >= 15 is 0 Å². The molecular weight excluding hydrogens is 195 g/mol. The van der Waals surface area contributed by atoms with Crippen LogP contribution >= 0.6 is 0 Å². The summed E-state index contributed by atoms with van der Waals surface area (Å²) in [6, 6.07) is 0. The number of rotatable bonds is 2. The quantitative estimate of drug-likeness (QED) is 0.761. The molecule has 0 aliphatic heterocycles. The smallest absolute Gasteiger partial charge is 0.328 e. The Labute approximate surface area is 81.6 Å². The first-order valence-electron chi connectivity index (χ1n) is 4.84. The zero-order valence-corrected chi connectivity index (χ0v) is 8.23. The molecule has 84 valence electrons. The van der Waals surface area contributed by atoms with Gasteiger partial charge in [-0.2, -0.15) is 0 Å². The molecule has 0 atom stereocenters. The molecule has 2 N–H and O–H groups in total. The molecule has 0 aromatic rings. The van der Waals surface area contributed by atoms with Gasteiger partial charge in [0.2, 0.25) is 0 Å². The zero-order valence-electron chi connectivity index (χ0n) is 8.23. The summed E-state index contributed by atoms with van der Waals surface area (Å²) in [6.07, 6.45) is -2.24. The van der Waals surface area contributed by atoms with Crippen molar-refractivity contribution in [2.45, 2.75) is 44.6 Å². The second-order valence-electron chi connectivity index (χ2n) is 4.12. The van der Waals surface area contributed by atoms with Gasteiger partial charge in [-0.15, -0.1) is 13.2 Å². The number of alkyl halides is 3. The van der Waals surface area contributed by atoms with E-state index in [2.05, 4.69) is 4.74 Å². The highest BCUT2D eigenvalue weighted by Crippen LogP contribution is 2.38. The van der Waals surface area contributed by atoms with Crippen LogP contribution in [0, 0.1) is 5.92 Å². The van der Waals surface area contributed by atoms with Crippen LogP contribution in [-0.4, -0.2) is 18.5 Å². The lowest BCUT2D eigenvalue weighted by molar-refractivity contribution is -0.369. The maximum Gasteiger partial charge on any atom is 0.523 e. The summed E-state index contributed by atoms with van der Waals surface area (Å²) in [4.78, 5) is 0. The normalized spacial score (nSPS) is 34.5. The van der Waals surface area contributed by atoms with Crippen LogP contribution in [0.3, 0.4) is 0 Å². The number of hydrogen-bond acceptors (Lipinski definition) is 2. The van der Waals surface area contributed by atoms with Crippen molar-refractivity contribution < 1.29 is 17.9 Å². The van der Waals surface area contributed by atoms with Crippen molar-refractivity contribution >= 4 is 0 Å². The average molecular weight is 211 g/mol. The van der Waals surface area contributed by atoms with E-state index in [1.54, 1.807) is 0 Å². The van der Waals surface area contributed by atoms with Crippen LogP contribution in [0.1, 0.15) is 32.6 Å². The Balaban J connectivity index is 2.59. The lowest BCUT2D eigenvalue weighted by Crippen LogP contribution is -2.47. The summed E-state index contributed by atoms with van der Waals surface area (Å²) < 4.78 is 40.4. The lowest BCUT2D eigenvalue weighted by Gasteiger charge is -2.38. The van der Waals surface area contributed by atoms with Crippen molar-refractivity contribution in [3.63, 3.8) is 0 Å². The van der Waals surface area contributed by atoms with Crippen molar-refractivity contribution in [3.05, 3.63) is 0 Å². The van der Waals surface area contributed by atoms with Crippen molar-refractivity contribution in [1.82, 2.24) is 0 Å². The first kappa shape index (κ1) is 11.8. The summed E-state index contributed by atoms with van der Waals surface area (Å²) in [5, 5.41) is 0. The van der Waals surface area contributed by atoms with Crippen molar-refractivity contribution in [3.8, 4) is 0 Å². The third kappa shape index (κ3) is 3.13. The predicted octanol–water partition coefficient (Wildman–Crippen LogP) is 2.43. The summed E-state index contributed by atoms with van der Waals surface area (Å²) in [5.74, 6) is 0.478. The molecule has 0 aromatic heterocycles. The summed E-state index contributed by atoms with van der Waals surface area (Å²) in [6.45, 7) is 1.98. The fourth-order valence-corrected chi connectivity index (χ4v) is 1.88. The Morgan fingerprint density at radius 3 is 2.21 bits per heavy atom. The third-order valence-corrected chi connectivity index (χ3v) is 2.89. The van der Waals surface area contributed by atoms with E-state index in [-0.39, 0.29) is 6.54 Å². The molecule has 0 bridgehead atoms. The molecule has 14 heavy (non-hydrogen) atoms. The predicted molar refractivity (Wildman–Crippen MR) is 46.6 cm³/mol. The number of ether oxygens (including phenoxy) is 1. The monoisotopic (exact) mass is 211 g/mol. The first-order chi connectivity index (χ1) is 6.37. The summed E-state index contributed by atoms with van der Waals surface area (Å²) in [5.41, 5.74) is 4.20. The van der Waals surface area contributed by atoms with E-state index in [0.29, 0.717) is 18.8 Å². The molecule has 1 saturated carbocycles. The van der Waals surface area contributed by atoms with Crippen molar-refractivity contribution in [1.29, 1.82) is 0 Å². The Morgan fingerprint density at radius 2 is 1.86 bits per heavy atom. The molecule has 2 nitrogen and oxygen atoms in total. The van der Waals surface area contributed by atoms with Gasteiger partial charge in [-0.1, -0.05) is 6.92 Å². The van der Waals surface area contributed by atoms with E-state index in [0.717, 1.165) is 12.8 Å². The second-order valence-corrected chi connectivity index (χ2v) is 4.12. The van der Waals surface area contributed by atoms with Gasteiger partial charge in [-0.3, -0.25) is 4.74 Å². The first-order valence-corrected chi connectivity index (χ1v) is 4.84. The molecule has 1 fully saturated rings. The van der Waals surface area contributed by atoms with Crippen LogP contribution in [-0.2, 0) is 4.74 Å². The minimum Gasteiger partial charge on any atom is -0.328 e. The van der Waals surface area contributed by atoms with Crippen molar-refractivity contribution in [2.24, 2.45) is 11.7 Å². The Morgan fingerprint density at radius 1 is 1.36 bits per heavy atom. The van der Waals surface area contributed by atoms with E-state index in [1.807, 2.05) is 6.92 Å². The van der Waals surface area contributed by atoms with Gasteiger partial charge < -0.3 is 5.73 Å². The van der Waals surface area contributed by atoms with Crippen LogP contribution in [0.25, 0.3) is 0 Å². The zero-order chi connectivity index (χ0) is 10.8. The van der Waals surface area contributed by atoms with Crippen LogP contribution in [0.2, 0.25) is 0 Å². The molecule has 0 heterocycles. The lowest BCUT2D eigenvalue weighted by atomic mass is 9.79. The van der Waals surface area contributed by atoms with Gasteiger partial charge in [0.15, 0.2) is 0 Å². The maximum atomic E-state index is 12.1. The van der Waals surface area contributed by atoms with Gasteiger partial charge >= 0.3 is 6.36 Å². The number of nitrogens with two attached hydrogens (primary N) is 1. The molecule has 1 aliphatic rings. The summed E-state index contributed by atoms with van der Waals surface area (Å²) in [7, 11) is 0. The maximum absolute atomic E-state index is 12.1. The standard InChI is InChI=1S/C9H16F3NO/c1-7-2-4-8(6-13,5-3-7)14-9(10,11)12/h7H,2-6,13H2,1H3. The van der Waals surface area contributed by atoms with Gasteiger partial charge in [0.1, 0.15) is 0 Å². The van der Waals surface area contributed by atoms with Crippen LogP contribution in [0.5, 0.6) is 0 Å². The SMILES string of the molecule is CC1CCC(CN)(OC(F)(F)F)CC1. The molecule has 0 radical (unpaired) electrons. The fraction of sp³-hybridized carbons (Fsp3) is 1.00. The molecule has 5 heteroatoms. The largest absolute Gasteiger partial charge is 0.523 e. The molecule has 0 aromatic carbocycles. The second kappa shape index (κ2) is 4.06. The Bertz CT molecular complexity index is 185. The van der Waals surface area contributed by atoms with Crippen LogP contribution < -0.4 is 5.73 Å². The van der Waals surface area contributed by atoms with Gasteiger partial charge in [0.05, 0.1) is 5.60 Å². The molecule has 0 saturated heterocycles. The number of hydrogen-bond donors (Lipinski definition) is 1. The van der Waals surface area contributed by atoms with E-state index < -0.39 is 12.0 Å². The minimum atomic E-state index is -4.57. The van der Waals surface area contributed by atoms with Gasteiger partial charge in [-0.25, -0.2) is 0 Å². The highest BCUT2D eigenvalue weighted by atomic mass is 19.4. The average Bonchev–Trinajstić information content (AvgIpc) is 2.07. The highest BCUT2D eigenvalue weighted by molar-refractivity contribution is 4.87. The van der Waals surface area contributed by atoms with Crippen molar-refractivity contribution in [2.75, 3.05) is 6.54 Å². The third-order valence-electron chi connectivity index (χ3n) is 2.89. The molecule has 0 spiro atoms. The molecule has 0 unspecified atom stereocenters. The topological polar surface area (TPSA) is 35.2 Å². The van der Waals surface area contributed by atoms with Crippen LogP contribution in [0.4, 0.5) is 13.2 Å². The highest BCUT2D eigenvalue weighted by Gasteiger charge is 2.44. The van der Waals surface area contributed by atoms with E-state index in [4.69, 9.17) is 5.73 Å². The number of halogens is 3. The van der Waals surface area contributed by atoms with Gasteiger partial charge in [0.25, 0.3) is 0 Å². The van der Waals surface area contributed by atoms with E-state index in [1.165, 1.54) is 0 Å². The molecule has 1 aliphatic carbocycles. The minimum absolute atomic E-state index is 0.0563. The molecule has 0 amide bonds. The Hall–Kier alpha value is -0.290. The van der Waals surface area contributed by atoms with Gasteiger partial charge in [0, 0.05) is 6.54 Å². The summed E-state index contributed by atoms with van der Waals surface area (Å²) >= 11 is 0. The fourth-order valence-electron chi connectivity index (χ4n) is 1.88. The van der Waals surface area contributed by atoms with Gasteiger partial charge in [-0.05, 0) is 31.6 Å². The molecular formula is C9H16F3NO. The Kier molecular flexibility index (Phi) is 3.42. The molecule has 1 rings (SSSR count). The van der Waals surface area contributed by atoms with E-state index in [9.17, 15) is 13.2 Å².